The first-order valence-electron chi connectivity index (χ1n) is 7.70. The van der Waals surface area contributed by atoms with Crippen LogP contribution in [-0.4, -0.2) is 48.4 Å². The van der Waals surface area contributed by atoms with E-state index in [9.17, 15) is 4.79 Å². The van der Waals surface area contributed by atoms with Crippen LogP contribution in [0.5, 0.6) is 0 Å². The van der Waals surface area contributed by atoms with E-state index in [1.54, 1.807) is 18.2 Å². The molecule has 0 aliphatic rings. The van der Waals surface area contributed by atoms with Crippen LogP contribution in [0.2, 0.25) is 0 Å². The van der Waals surface area contributed by atoms with E-state index >= 15 is 0 Å². The fourth-order valence-corrected chi connectivity index (χ4v) is 2.37. The summed E-state index contributed by atoms with van der Waals surface area (Å²) in [5.74, 6) is -0.0189. The van der Waals surface area contributed by atoms with Gasteiger partial charge < -0.3 is 21.3 Å². The predicted octanol–water partition coefficient (Wildman–Crippen LogP) is 2.04. The number of nitrogens with two attached hydrogens (primary N) is 2. The molecule has 21 heavy (non-hydrogen) atoms. The minimum atomic E-state index is -0.0189. The van der Waals surface area contributed by atoms with Gasteiger partial charge in [-0.15, -0.1) is 0 Å². The quantitative estimate of drug-likeness (QED) is 0.719. The number of carbonyl (C=O) groups excluding carboxylic acids is 1. The summed E-state index contributed by atoms with van der Waals surface area (Å²) >= 11 is 0. The lowest BCUT2D eigenvalue weighted by atomic mass is 10.1. The molecule has 0 heterocycles. The molecule has 1 rings (SSSR count). The minimum Gasteiger partial charge on any atom is -0.399 e. The molecule has 0 atom stereocenters. The van der Waals surface area contributed by atoms with Crippen LogP contribution in [0.1, 0.15) is 37.6 Å². The third-order valence-corrected chi connectivity index (χ3v) is 3.77. The zero-order chi connectivity index (χ0) is 15.8. The fraction of sp³-hybridized carbons (Fsp3) is 0.562. The molecule has 0 saturated carbocycles. The highest BCUT2D eigenvalue weighted by Crippen LogP contribution is 2.17. The normalized spacial score (nSPS) is 10.9. The molecule has 0 spiro atoms. The lowest BCUT2D eigenvalue weighted by molar-refractivity contribution is 0.0758. The van der Waals surface area contributed by atoms with Crippen molar-refractivity contribution in [2.24, 2.45) is 0 Å². The zero-order valence-electron chi connectivity index (χ0n) is 13.4. The van der Waals surface area contributed by atoms with Gasteiger partial charge in [-0.1, -0.05) is 13.8 Å². The number of hydrogen-bond donors (Lipinski definition) is 2. The molecular formula is C16H28N4O. The highest BCUT2D eigenvalue weighted by Gasteiger charge is 2.16. The summed E-state index contributed by atoms with van der Waals surface area (Å²) in [6.07, 6.45) is 0.968. The fourth-order valence-electron chi connectivity index (χ4n) is 2.37. The van der Waals surface area contributed by atoms with E-state index in [0.29, 0.717) is 23.5 Å². The number of amides is 1. The summed E-state index contributed by atoms with van der Waals surface area (Å²) in [7, 11) is 0. The van der Waals surface area contributed by atoms with Crippen LogP contribution >= 0.6 is 0 Å². The Morgan fingerprint density at radius 1 is 1.05 bits per heavy atom. The van der Waals surface area contributed by atoms with Gasteiger partial charge in [-0.25, -0.2) is 0 Å². The second kappa shape index (κ2) is 8.52. The second-order valence-electron chi connectivity index (χ2n) is 5.11. The monoisotopic (exact) mass is 292 g/mol. The minimum absolute atomic E-state index is 0.0189. The van der Waals surface area contributed by atoms with E-state index < -0.39 is 0 Å². The first kappa shape index (κ1) is 17.3. The molecule has 0 aliphatic carbocycles. The Bertz CT molecular complexity index is 458. The van der Waals surface area contributed by atoms with Gasteiger partial charge in [-0.2, -0.15) is 0 Å². The highest BCUT2D eigenvalue weighted by molar-refractivity contribution is 5.99. The standard InChI is InChI=1S/C16H28N4O/c1-4-19(5-2)10-7-11-20(6-3)16(21)14-9-8-13(17)12-15(14)18/h8-9,12H,4-7,10-11,17-18H2,1-3H3. The van der Waals surface area contributed by atoms with Gasteiger partial charge in [-0.05, 0) is 51.2 Å². The summed E-state index contributed by atoms with van der Waals surface area (Å²) in [5, 5.41) is 0. The van der Waals surface area contributed by atoms with Crippen molar-refractivity contribution in [2.45, 2.75) is 27.2 Å². The molecule has 0 radical (unpaired) electrons. The average molecular weight is 292 g/mol. The molecule has 4 N–H and O–H groups in total. The number of rotatable bonds is 8. The first-order valence-corrected chi connectivity index (χ1v) is 7.70. The lowest BCUT2D eigenvalue weighted by Crippen LogP contribution is -2.34. The molecule has 0 bridgehead atoms. The SMILES string of the molecule is CCN(CC)CCCN(CC)C(=O)c1ccc(N)cc1N. The van der Waals surface area contributed by atoms with Crippen LogP contribution in [-0.2, 0) is 0 Å². The second-order valence-corrected chi connectivity index (χ2v) is 5.11. The number of nitrogens with zero attached hydrogens (tertiary/aromatic N) is 2. The maximum atomic E-state index is 12.5. The molecule has 0 aliphatic heterocycles. The Labute approximate surface area is 127 Å². The van der Waals surface area contributed by atoms with Gasteiger partial charge in [0.15, 0.2) is 0 Å². The number of hydrogen-bond acceptors (Lipinski definition) is 4. The molecule has 118 valence electrons. The van der Waals surface area contributed by atoms with Crippen LogP contribution in [0.3, 0.4) is 0 Å². The summed E-state index contributed by atoms with van der Waals surface area (Å²) < 4.78 is 0. The van der Waals surface area contributed by atoms with E-state index in [4.69, 9.17) is 11.5 Å². The Hall–Kier alpha value is -1.75. The number of carbonyl (C=O) groups is 1. The van der Waals surface area contributed by atoms with E-state index in [2.05, 4.69) is 18.7 Å². The number of anilines is 2. The Morgan fingerprint density at radius 2 is 1.71 bits per heavy atom. The van der Waals surface area contributed by atoms with Crippen LogP contribution in [0.25, 0.3) is 0 Å². The van der Waals surface area contributed by atoms with Crippen molar-refractivity contribution in [3.63, 3.8) is 0 Å². The molecule has 0 fully saturated rings. The Kier molecular flexibility index (Phi) is 7.02. The van der Waals surface area contributed by atoms with Gasteiger partial charge >= 0.3 is 0 Å². The van der Waals surface area contributed by atoms with Gasteiger partial charge in [0.25, 0.3) is 5.91 Å². The smallest absolute Gasteiger partial charge is 0.255 e. The molecule has 1 amide bonds. The summed E-state index contributed by atoms with van der Waals surface area (Å²) in [5.41, 5.74) is 13.1. The van der Waals surface area contributed by atoms with Crippen LogP contribution in [0.4, 0.5) is 11.4 Å². The van der Waals surface area contributed by atoms with E-state index in [1.165, 1.54) is 0 Å². The predicted molar refractivity (Wildman–Crippen MR) is 89.2 cm³/mol. The third kappa shape index (κ3) is 4.93. The molecule has 1 aromatic rings. The average Bonchev–Trinajstić information content (AvgIpc) is 2.47. The Balaban J connectivity index is 2.64. The van der Waals surface area contributed by atoms with E-state index in [1.807, 2.05) is 11.8 Å². The summed E-state index contributed by atoms with van der Waals surface area (Å²) in [4.78, 5) is 16.7. The van der Waals surface area contributed by atoms with Crippen molar-refractivity contribution in [1.29, 1.82) is 0 Å². The van der Waals surface area contributed by atoms with Crippen molar-refractivity contribution in [1.82, 2.24) is 9.80 Å². The third-order valence-electron chi connectivity index (χ3n) is 3.77. The van der Waals surface area contributed by atoms with Gasteiger partial charge in [-0.3, -0.25) is 4.79 Å². The number of benzene rings is 1. The zero-order valence-corrected chi connectivity index (χ0v) is 13.4. The summed E-state index contributed by atoms with van der Waals surface area (Å²) in [6, 6.07) is 5.06. The van der Waals surface area contributed by atoms with Gasteiger partial charge in [0.2, 0.25) is 0 Å². The molecule has 0 aromatic heterocycles. The van der Waals surface area contributed by atoms with Crippen molar-refractivity contribution in [2.75, 3.05) is 44.2 Å². The van der Waals surface area contributed by atoms with Crippen molar-refractivity contribution in [3.05, 3.63) is 23.8 Å². The molecule has 5 heteroatoms. The maximum absolute atomic E-state index is 12.5. The molecule has 0 unspecified atom stereocenters. The van der Waals surface area contributed by atoms with Crippen LogP contribution in [0.15, 0.2) is 18.2 Å². The van der Waals surface area contributed by atoms with Crippen molar-refractivity contribution >= 4 is 17.3 Å². The maximum Gasteiger partial charge on any atom is 0.255 e. The van der Waals surface area contributed by atoms with Crippen molar-refractivity contribution in [3.8, 4) is 0 Å². The topological polar surface area (TPSA) is 75.6 Å². The molecule has 1 aromatic carbocycles. The molecular weight excluding hydrogens is 264 g/mol. The van der Waals surface area contributed by atoms with Gasteiger partial charge in [0.05, 0.1) is 5.56 Å². The lowest BCUT2D eigenvalue weighted by Gasteiger charge is -2.24. The van der Waals surface area contributed by atoms with Crippen LogP contribution in [0, 0.1) is 0 Å². The highest BCUT2D eigenvalue weighted by atomic mass is 16.2. The van der Waals surface area contributed by atoms with Crippen molar-refractivity contribution < 1.29 is 4.79 Å². The Morgan fingerprint density at radius 3 is 2.24 bits per heavy atom. The van der Waals surface area contributed by atoms with Gasteiger partial charge in [0, 0.05) is 24.5 Å². The van der Waals surface area contributed by atoms with E-state index in [-0.39, 0.29) is 5.91 Å². The van der Waals surface area contributed by atoms with Crippen LogP contribution < -0.4 is 11.5 Å². The molecule has 0 saturated heterocycles. The summed E-state index contributed by atoms with van der Waals surface area (Å²) in [6.45, 7) is 10.8. The van der Waals surface area contributed by atoms with E-state index in [0.717, 1.165) is 32.6 Å². The molecule has 5 nitrogen and oxygen atoms in total. The largest absolute Gasteiger partial charge is 0.399 e. The number of nitrogen functional groups attached to an aromatic ring is 2. The first-order chi connectivity index (χ1) is 10.0. The van der Waals surface area contributed by atoms with Gasteiger partial charge in [0.1, 0.15) is 0 Å².